The van der Waals surface area contributed by atoms with Gasteiger partial charge in [0.2, 0.25) is 15.9 Å². The van der Waals surface area contributed by atoms with Crippen molar-refractivity contribution in [3.05, 3.63) is 23.8 Å². The van der Waals surface area contributed by atoms with E-state index < -0.39 is 10.0 Å². The van der Waals surface area contributed by atoms with Gasteiger partial charge < -0.3 is 9.80 Å². The molecule has 2 heterocycles. The van der Waals surface area contributed by atoms with E-state index in [1.165, 1.54) is 6.92 Å². The van der Waals surface area contributed by atoms with Gasteiger partial charge in [-0.3, -0.25) is 4.79 Å². The van der Waals surface area contributed by atoms with Crippen LogP contribution in [0.25, 0.3) is 0 Å². The molecule has 1 amide bonds. The fraction of sp³-hybridized carbons (Fsp3) is 0.562. The summed E-state index contributed by atoms with van der Waals surface area (Å²) in [4.78, 5) is 15.7. The summed E-state index contributed by atoms with van der Waals surface area (Å²) in [5, 5.41) is 0. The Hall–Kier alpha value is -1.44. The monoisotopic (exact) mass is 337 g/mol. The second kappa shape index (κ2) is 5.89. The quantitative estimate of drug-likeness (QED) is 0.887. The van der Waals surface area contributed by atoms with Crippen LogP contribution in [0.1, 0.15) is 19.4 Å². The van der Waals surface area contributed by atoms with Crippen LogP contribution in [0.4, 0.5) is 5.69 Å². The van der Waals surface area contributed by atoms with Gasteiger partial charge in [-0.25, -0.2) is 13.1 Å². The van der Waals surface area contributed by atoms with E-state index in [0.717, 1.165) is 24.3 Å². The first-order valence-electron chi connectivity index (χ1n) is 7.90. The fourth-order valence-corrected chi connectivity index (χ4v) is 4.89. The molecule has 6 nitrogen and oxygen atoms in total. The van der Waals surface area contributed by atoms with Crippen molar-refractivity contribution >= 4 is 21.6 Å². The zero-order valence-corrected chi connectivity index (χ0v) is 14.6. The fourth-order valence-electron chi connectivity index (χ4n) is 3.50. The number of likely N-dealkylation sites (tertiary alicyclic amines) is 1. The van der Waals surface area contributed by atoms with E-state index >= 15 is 0 Å². The summed E-state index contributed by atoms with van der Waals surface area (Å²) in [5.74, 6) is 0.276. The second-order valence-electron chi connectivity index (χ2n) is 6.64. The molecule has 3 rings (SSSR count). The summed E-state index contributed by atoms with van der Waals surface area (Å²) < 4.78 is 28.1. The summed E-state index contributed by atoms with van der Waals surface area (Å²) in [6, 6.07) is 4.96. The van der Waals surface area contributed by atoms with Crippen molar-refractivity contribution in [3.63, 3.8) is 0 Å². The van der Waals surface area contributed by atoms with Crippen LogP contribution < -0.4 is 9.62 Å². The molecule has 2 atom stereocenters. The van der Waals surface area contributed by atoms with E-state index in [2.05, 4.69) is 16.5 Å². The Morgan fingerprint density at radius 2 is 2.04 bits per heavy atom. The minimum Gasteiger partial charge on any atom is -0.312 e. The number of hydrogen-bond donors (Lipinski definition) is 1. The number of sulfonamides is 1. The average Bonchev–Trinajstić information content (AvgIpc) is 3.01. The summed E-state index contributed by atoms with van der Waals surface area (Å²) in [6.07, 6.45) is 0.695. The van der Waals surface area contributed by atoms with Crippen molar-refractivity contribution in [2.75, 3.05) is 31.6 Å². The molecule has 0 bridgehead atoms. The molecule has 2 unspecified atom stereocenters. The number of fused-ring (bicyclic) bond motifs is 1. The van der Waals surface area contributed by atoms with Crippen LogP contribution in [-0.4, -0.2) is 51.9 Å². The lowest BCUT2D eigenvalue weighted by Crippen LogP contribution is -2.39. The molecule has 2 aliphatic rings. The number of rotatable bonds is 3. The molecular formula is C16H23N3O3S. The van der Waals surface area contributed by atoms with Gasteiger partial charge in [-0.05, 0) is 43.1 Å². The van der Waals surface area contributed by atoms with Crippen LogP contribution in [0.5, 0.6) is 0 Å². The molecule has 0 aromatic heterocycles. The molecule has 126 valence electrons. The SMILES string of the molecule is CC(=O)N1CCc2cc(S(=O)(=O)NC3CN(C)CC3C)ccc21. The maximum absolute atomic E-state index is 12.6. The van der Waals surface area contributed by atoms with Crippen molar-refractivity contribution in [3.8, 4) is 0 Å². The first kappa shape index (κ1) is 16.4. The normalized spacial score (nSPS) is 24.9. The smallest absolute Gasteiger partial charge is 0.240 e. The number of benzene rings is 1. The highest BCUT2D eigenvalue weighted by Gasteiger charge is 2.32. The van der Waals surface area contributed by atoms with Crippen LogP contribution in [0.15, 0.2) is 23.1 Å². The Morgan fingerprint density at radius 1 is 1.30 bits per heavy atom. The lowest BCUT2D eigenvalue weighted by molar-refractivity contribution is -0.116. The van der Waals surface area contributed by atoms with E-state index in [1.54, 1.807) is 23.1 Å². The number of carbonyl (C=O) groups excluding carboxylic acids is 1. The Morgan fingerprint density at radius 3 is 2.65 bits per heavy atom. The molecule has 1 aromatic carbocycles. The maximum Gasteiger partial charge on any atom is 0.240 e. The van der Waals surface area contributed by atoms with Crippen LogP contribution in [0.3, 0.4) is 0 Å². The molecular weight excluding hydrogens is 314 g/mol. The standard InChI is InChI=1S/C16H23N3O3S/c1-11-9-18(3)10-15(11)17-23(21,22)14-4-5-16-13(8-14)6-7-19(16)12(2)20/h4-5,8,11,15,17H,6-7,9-10H2,1-3H3. The first-order valence-corrected chi connectivity index (χ1v) is 9.38. The molecule has 0 aliphatic carbocycles. The van der Waals surface area contributed by atoms with Gasteiger partial charge in [-0.15, -0.1) is 0 Å². The van der Waals surface area contributed by atoms with Gasteiger partial charge in [0.1, 0.15) is 0 Å². The zero-order valence-electron chi connectivity index (χ0n) is 13.7. The van der Waals surface area contributed by atoms with Gasteiger partial charge in [-0.1, -0.05) is 6.92 Å². The van der Waals surface area contributed by atoms with Crippen molar-refractivity contribution < 1.29 is 13.2 Å². The highest BCUT2D eigenvalue weighted by Crippen LogP contribution is 2.30. The topological polar surface area (TPSA) is 69.7 Å². The van der Waals surface area contributed by atoms with Crippen molar-refractivity contribution in [2.45, 2.75) is 31.2 Å². The van der Waals surface area contributed by atoms with Gasteiger partial charge in [0.05, 0.1) is 4.90 Å². The third-order valence-corrected chi connectivity index (χ3v) is 6.23. The van der Waals surface area contributed by atoms with Gasteiger partial charge in [0.25, 0.3) is 0 Å². The number of nitrogens with zero attached hydrogens (tertiary/aromatic N) is 2. The van der Waals surface area contributed by atoms with Crippen molar-refractivity contribution in [1.29, 1.82) is 0 Å². The van der Waals surface area contributed by atoms with Gasteiger partial charge in [0, 0.05) is 38.3 Å². The number of carbonyl (C=O) groups is 1. The summed E-state index contributed by atoms with van der Waals surface area (Å²) in [7, 11) is -1.54. The van der Waals surface area contributed by atoms with E-state index in [9.17, 15) is 13.2 Å². The number of anilines is 1. The molecule has 1 N–H and O–H groups in total. The molecule has 1 aromatic rings. The summed E-state index contributed by atoms with van der Waals surface area (Å²) in [6.45, 7) is 5.82. The van der Waals surface area contributed by atoms with Crippen LogP contribution in [0, 0.1) is 5.92 Å². The zero-order chi connectivity index (χ0) is 16.8. The van der Waals surface area contributed by atoms with E-state index in [4.69, 9.17) is 0 Å². The van der Waals surface area contributed by atoms with Crippen LogP contribution >= 0.6 is 0 Å². The Kier molecular flexibility index (Phi) is 4.20. The average molecular weight is 337 g/mol. The molecule has 0 saturated carbocycles. The maximum atomic E-state index is 12.6. The number of nitrogens with one attached hydrogen (secondary N) is 1. The number of hydrogen-bond acceptors (Lipinski definition) is 4. The predicted molar refractivity (Wildman–Crippen MR) is 88.9 cm³/mol. The van der Waals surface area contributed by atoms with E-state index in [0.29, 0.717) is 13.0 Å². The summed E-state index contributed by atoms with van der Waals surface area (Å²) in [5.41, 5.74) is 1.74. The second-order valence-corrected chi connectivity index (χ2v) is 8.35. The lowest BCUT2D eigenvalue weighted by atomic mass is 10.1. The molecule has 0 radical (unpaired) electrons. The molecule has 23 heavy (non-hydrogen) atoms. The molecule has 1 fully saturated rings. The van der Waals surface area contributed by atoms with Crippen LogP contribution in [-0.2, 0) is 21.2 Å². The minimum atomic E-state index is -3.54. The Bertz CT molecular complexity index is 732. The third-order valence-electron chi connectivity index (χ3n) is 4.74. The van der Waals surface area contributed by atoms with Crippen molar-refractivity contribution in [1.82, 2.24) is 9.62 Å². The highest BCUT2D eigenvalue weighted by atomic mass is 32.2. The van der Waals surface area contributed by atoms with Gasteiger partial charge >= 0.3 is 0 Å². The third kappa shape index (κ3) is 3.13. The van der Waals surface area contributed by atoms with Crippen molar-refractivity contribution in [2.24, 2.45) is 5.92 Å². The van der Waals surface area contributed by atoms with Gasteiger partial charge in [-0.2, -0.15) is 0 Å². The molecule has 7 heteroatoms. The first-order chi connectivity index (χ1) is 10.8. The number of amides is 1. The highest BCUT2D eigenvalue weighted by molar-refractivity contribution is 7.89. The number of likely N-dealkylation sites (N-methyl/N-ethyl adjacent to an activating group) is 1. The molecule has 0 spiro atoms. The minimum absolute atomic E-state index is 0.0136. The summed E-state index contributed by atoms with van der Waals surface area (Å²) >= 11 is 0. The largest absolute Gasteiger partial charge is 0.312 e. The lowest BCUT2D eigenvalue weighted by Gasteiger charge is -2.18. The van der Waals surface area contributed by atoms with Gasteiger partial charge in [0.15, 0.2) is 0 Å². The Balaban J connectivity index is 1.83. The molecule has 1 saturated heterocycles. The molecule has 2 aliphatic heterocycles. The van der Waals surface area contributed by atoms with E-state index in [1.807, 2.05) is 7.05 Å². The Labute approximate surface area is 137 Å². The van der Waals surface area contributed by atoms with Crippen LogP contribution in [0.2, 0.25) is 0 Å². The predicted octanol–water partition coefficient (Wildman–Crippen LogP) is 0.824. The van der Waals surface area contributed by atoms with E-state index in [-0.39, 0.29) is 22.8 Å².